The van der Waals surface area contributed by atoms with Crippen molar-refractivity contribution in [1.29, 1.82) is 0 Å². The summed E-state index contributed by atoms with van der Waals surface area (Å²) in [6.07, 6.45) is 0. The van der Waals surface area contributed by atoms with E-state index in [0.29, 0.717) is 17.2 Å². The number of nitrogens with one attached hydrogen (secondary N) is 1. The van der Waals surface area contributed by atoms with Crippen molar-refractivity contribution in [3.63, 3.8) is 0 Å². The molecule has 1 spiro atoms. The maximum atomic E-state index is 14.3. The van der Waals surface area contributed by atoms with E-state index < -0.39 is 11.5 Å². The molecule has 4 unspecified atom stereocenters. The smallest absolute Gasteiger partial charge is 0.250 e. The average Bonchev–Trinajstić information content (AvgIpc) is 3.52. The number of fused-ring (bicyclic) bond motifs is 4. The Balaban J connectivity index is 1.63. The highest BCUT2D eigenvalue weighted by Crippen LogP contribution is 2.61. The molecule has 0 aliphatic carbocycles. The summed E-state index contributed by atoms with van der Waals surface area (Å²) in [5.41, 5.74) is 2.26. The highest BCUT2D eigenvalue weighted by Gasteiger charge is 2.69. The molecule has 6 heteroatoms. The van der Waals surface area contributed by atoms with Crippen LogP contribution in [0, 0.1) is 5.92 Å². The molecule has 3 aliphatic rings. The monoisotopic (exact) mass is 456 g/mol. The van der Waals surface area contributed by atoms with Gasteiger partial charge in [-0.1, -0.05) is 60.7 Å². The number of hydrogen-bond acceptors (Lipinski definition) is 5. The van der Waals surface area contributed by atoms with E-state index in [1.54, 1.807) is 7.11 Å². The molecule has 0 aromatic heterocycles. The van der Waals surface area contributed by atoms with Crippen LogP contribution < -0.4 is 10.1 Å². The van der Waals surface area contributed by atoms with Gasteiger partial charge in [0.15, 0.2) is 5.78 Å². The van der Waals surface area contributed by atoms with Gasteiger partial charge in [0.05, 0.1) is 13.0 Å². The lowest BCUT2D eigenvalue weighted by molar-refractivity contribution is -0.127. The van der Waals surface area contributed by atoms with Gasteiger partial charge in [0.1, 0.15) is 11.3 Å². The summed E-state index contributed by atoms with van der Waals surface area (Å²) in [4.78, 5) is 30.5. The van der Waals surface area contributed by atoms with Crippen LogP contribution in [-0.4, -0.2) is 41.4 Å². The summed E-state index contributed by atoms with van der Waals surface area (Å²) in [5.74, 6) is 1.50. The Hall–Kier alpha value is -3.09. The lowest BCUT2D eigenvalue weighted by Gasteiger charge is -2.36. The number of amides is 1. The number of nitrogens with zero attached hydrogens (tertiary/aromatic N) is 1. The third kappa shape index (κ3) is 2.84. The predicted octanol–water partition coefficient (Wildman–Crippen LogP) is 4.51. The molecule has 166 valence electrons. The van der Waals surface area contributed by atoms with Crippen LogP contribution in [0.15, 0.2) is 78.9 Å². The Bertz CT molecular complexity index is 1230. The Morgan fingerprint density at radius 2 is 1.79 bits per heavy atom. The van der Waals surface area contributed by atoms with E-state index in [2.05, 4.69) is 22.3 Å². The van der Waals surface area contributed by atoms with Gasteiger partial charge in [-0.2, -0.15) is 0 Å². The highest BCUT2D eigenvalue weighted by atomic mass is 32.2. The molecule has 2 fully saturated rings. The highest BCUT2D eigenvalue weighted by molar-refractivity contribution is 7.99. The normalized spacial score (nSPS) is 27.9. The van der Waals surface area contributed by atoms with E-state index in [1.165, 1.54) is 0 Å². The van der Waals surface area contributed by atoms with Crippen LogP contribution in [0.5, 0.6) is 5.75 Å². The van der Waals surface area contributed by atoms with Gasteiger partial charge < -0.3 is 10.1 Å². The predicted molar refractivity (Wildman–Crippen MR) is 130 cm³/mol. The van der Waals surface area contributed by atoms with Crippen molar-refractivity contribution in [3.8, 4) is 5.75 Å². The second-order valence-corrected chi connectivity index (χ2v) is 9.81. The van der Waals surface area contributed by atoms with Crippen LogP contribution >= 0.6 is 11.8 Å². The number of ether oxygens (including phenoxy) is 1. The van der Waals surface area contributed by atoms with E-state index in [9.17, 15) is 9.59 Å². The van der Waals surface area contributed by atoms with E-state index in [4.69, 9.17) is 4.74 Å². The van der Waals surface area contributed by atoms with Gasteiger partial charge in [0.25, 0.3) is 0 Å². The van der Waals surface area contributed by atoms with Crippen molar-refractivity contribution >= 4 is 29.1 Å². The molecular formula is C27H24N2O3S. The van der Waals surface area contributed by atoms with Crippen molar-refractivity contribution in [1.82, 2.24) is 4.90 Å². The van der Waals surface area contributed by atoms with Crippen molar-refractivity contribution in [2.24, 2.45) is 5.92 Å². The fourth-order valence-electron chi connectivity index (χ4n) is 6.01. The first-order chi connectivity index (χ1) is 16.2. The maximum absolute atomic E-state index is 14.3. The third-order valence-corrected chi connectivity index (χ3v) is 8.39. The summed E-state index contributed by atoms with van der Waals surface area (Å²) >= 11 is 1.82. The molecule has 3 aromatic carbocycles. The summed E-state index contributed by atoms with van der Waals surface area (Å²) in [6.45, 7) is 0. The van der Waals surface area contributed by atoms with E-state index in [0.717, 1.165) is 22.6 Å². The molecule has 0 radical (unpaired) electrons. The third-order valence-electron chi connectivity index (χ3n) is 7.35. The lowest BCUT2D eigenvalue weighted by atomic mass is 9.69. The van der Waals surface area contributed by atoms with Crippen molar-refractivity contribution in [3.05, 3.63) is 95.6 Å². The van der Waals surface area contributed by atoms with E-state index in [-0.39, 0.29) is 23.7 Å². The van der Waals surface area contributed by atoms with Gasteiger partial charge >= 0.3 is 0 Å². The molecule has 3 aromatic rings. The van der Waals surface area contributed by atoms with Crippen LogP contribution in [0.3, 0.4) is 0 Å². The lowest BCUT2D eigenvalue weighted by Crippen LogP contribution is -2.52. The SMILES string of the molecule is COc1ccc2c(c1)C1(C(=O)N2)C(C(=O)c2ccccc2)C(c2ccccc2)C2CSCN21. The summed E-state index contributed by atoms with van der Waals surface area (Å²) in [6, 6.07) is 25.4. The van der Waals surface area contributed by atoms with Gasteiger partial charge in [0, 0.05) is 40.4 Å². The second-order valence-electron chi connectivity index (χ2n) is 8.81. The first-order valence-corrected chi connectivity index (χ1v) is 12.3. The maximum Gasteiger partial charge on any atom is 0.250 e. The van der Waals surface area contributed by atoms with Crippen LogP contribution in [0.25, 0.3) is 0 Å². The second kappa shape index (κ2) is 7.75. The minimum Gasteiger partial charge on any atom is -0.497 e. The largest absolute Gasteiger partial charge is 0.497 e. The van der Waals surface area contributed by atoms with Crippen LogP contribution in [-0.2, 0) is 10.3 Å². The zero-order chi connectivity index (χ0) is 22.6. The van der Waals surface area contributed by atoms with Gasteiger partial charge in [-0.05, 0) is 23.8 Å². The number of methoxy groups -OCH3 is 1. The number of carbonyl (C=O) groups excluding carboxylic acids is 2. The molecule has 3 heterocycles. The van der Waals surface area contributed by atoms with Crippen molar-refractivity contribution < 1.29 is 14.3 Å². The molecule has 33 heavy (non-hydrogen) atoms. The number of ketones is 1. The summed E-state index contributed by atoms with van der Waals surface area (Å²) < 4.78 is 5.53. The quantitative estimate of drug-likeness (QED) is 0.586. The molecule has 0 saturated carbocycles. The van der Waals surface area contributed by atoms with Gasteiger partial charge in [-0.15, -0.1) is 11.8 Å². The Morgan fingerprint density at radius 1 is 1.06 bits per heavy atom. The molecule has 4 atom stereocenters. The Morgan fingerprint density at radius 3 is 2.52 bits per heavy atom. The van der Waals surface area contributed by atoms with Gasteiger partial charge in [-0.3, -0.25) is 14.5 Å². The number of Topliss-reactive ketones (excluding diaryl/α,β-unsaturated/α-hetero) is 1. The molecule has 3 aliphatic heterocycles. The number of benzene rings is 3. The molecule has 0 bridgehead atoms. The average molecular weight is 457 g/mol. The van der Waals surface area contributed by atoms with Gasteiger partial charge in [-0.25, -0.2) is 0 Å². The zero-order valence-corrected chi connectivity index (χ0v) is 19.0. The number of carbonyl (C=O) groups is 2. The molecule has 1 amide bonds. The van der Waals surface area contributed by atoms with Crippen LogP contribution in [0.2, 0.25) is 0 Å². The van der Waals surface area contributed by atoms with Gasteiger partial charge in [0.2, 0.25) is 5.91 Å². The molecule has 6 rings (SSSR count). The number of rotatable bonds is 4. The Labute approximate surface area is 197 Å². The fourth-order valence-corrected chi connectivity index (χ4v) is 7.34. The number of anilines is 1. The molecule has 5 nitrogen and oxygen atoms in total. The zero-order valence-electron chi connectivity index (χ0n) is 18.2. The molecular weight excluding hydrogens is 432 g/mol. The standard InChI is InChI=1S/C27H24N2O3S/c1-32-19-12-13-21-20(14-19)27(26(31)28-21)24(25(30)18-10-6-3-7-11-18)23(17-8-4-2-5-9-17)22-15-33-16-29(22)27/h2-14,22-24H,15-16H2,1H3,(H,28,31). The van der Waals surface area contributed by atoms with E-state index >= 15 is 0 Å². The number of thioether (sulfide) groups is 1. The molecule has 1 N–H and O–H groups in total. The first kappa shape index (κ1) is 20.5. The van der Waals surface area contributed by atoms with Crippen LogP contribution in [0.1, 0.15) is 27.4 Å². The summed E-state index contributed by atoms with van der Waals surface area (Å²) in [5, 5.41) is 3.10. The topological polar surface area (TPSA) is 58.6 Å². The van der Waals surface area contributed by atoms with Crippen molar-refractivity contribution in [2.45, 2.75) is 17.5 Å². The number of hydrogen-bond donors (Lipinski definition) is 1. The molecule has 2 saturated heterocycles. The van der Waals surface area contributed by atoms with Crippen LogP contribution in [0.4, 0.5) is 5.69 Å². The minimum absolute atomic E-state index is 0.00896. The fraction of sp³-hybridized carbons (Fsp3) is 0.259. The first-order valence-electron chi connectivity index (χ1n) is 11.1. The Kier molecular flexibility index (Phi) is 4.82. The van der Waals surface area contributed by atoms with Crippen molar-refractivity contribution in [2.75, 3.05) is 24.1 Å². The van der Waals surface area contributed by atoms with E-state index in [1.807, 2.05) is 78.5 Å². The minimum atomic E-state index is -1.08. The summed E-state index contributed by atoms with van der Waals surface area (Å²) in [7, 11) is 1.63.